The van der Waals surface area contributed by atoms with Gasteiger partial charge in [0.15, 0.2) is 5.82 Å². The van der Waals surface area contributed by atoms with Crippen LogP contribution in [-0.2, 0) is 22.7 Å². The van der Waals surface area contributed by atoms with Crippen LogP contribution in [0, 0.1) is 13.8 Å². The molecule has 0 spiro atoms. The number of hydrogen-bond donors (Lipinski definition) is 3. The second-order valence-corrected chi connectivity index (χ2v) is 13.5. The van der Waals surface area contributed by atoms with Crippen molar-refractivity contribution in [2.24, 2.45) is 0 Å². The van der Waals surface area contributed by atoms with Gasteiger partial charge in [0.1, 0.15) is 17.1 Å². The molecule has 7 rings (SSSR count). The minimum atomic E-state index is -0.676. The quantitative estimate of drug-likeness (QED) is 0.145. The number of amides is 2. The number of rotatable bonds is 10. The standard InChI is InChI=1S/C41H40FN5O5/c1-24-27(15-35(42)28-10-11-30(37(16-28)52-3)21-47-23-32(49)18-39(47)51)6-4-7-33(24)34-8-5-9-36(25(34)2)45-41-40-29(12-13-43-41)14-26(19-44-40)20-46-22-31(48)17-38(46)50/h4-16,19,31-32,48-49H,17-18,20-23H2,1-3H3,(H,43,45)/b35-15-/t31-,32+/m0/s1. The van der Waals surface area contributed by atoms with Crippen molar-refractivity contribution in [3.63, 3.8) is 0 Å². The molecular formula is C41H40FN5O5. The Kier molecular flexibility index (Phi) is 9.72. The zero-order valence-corrected chi connectivity index (χ0v) is 29.3. The van der Waals surface area contributed by atoms with Gasteiger partial charge in [0.05, 0.1) is 32.2 Å². The molecule has 5 aromatic rings. The molecule has 52 heavy (non-hydrogen) atoms. The van der Waals surface area contributed by atoms with E-state index in [0.717, 1.165) is 50.0 Å². The molecular weight excluding hydrogens is 661 g/mol. The van der Waals surface area contributed by atoms with E-state index in [2.05, 4.69) is 10.3 Å². The summed E-state index contributed by atoms with van der Waals surface area (Å²) in [6, 6.07) is 20.7. The molecule has 0 unspecified atom stereocenters. The largest absolute Gasteiger partial charge is 0.496 e. The van der Waals surface area contributed by atoms with Crippen LogP contribution < -0.4 is 10.1 Å². The summed E-state index contributed by atoms with van der Waals surface area (Å²) < 4.78 is 21.4. The summed E-state index contributed by atoms with van der Waals surface area (Å²) in [4.78, 5) is 36.9. The van der Waals surface area contributed by atoms with Gasteiger partial charge in [-0.25, -0.2) is 9.37 Å². The molecule has 2 aliphatic heterocycles. The summed E-state index contributed by atoms with van der Waals surface area (Å²) >= 11 is 0. The lowest BCUT2D eigenvalue weighted by atomic mass is 9.92. The fourth-order valence-corrected chi connectivity index (χ4v) is 7.05. The lowest BCUT2D eigenvalue weighted by molar-refractivity contribution is -0.129. The summed E-state index contributed by atoms with van der Waals surface area (Å²) in [5.41, 5.74) is 8.08. The van der Waals surface area contributed by atoms with Crippen molar-refractivity contribution >= 4 is 46.1 Å². The first-order valence-electron chi connectivity index (χ1n) is 17.2. The number of carbonyl (C=O) groups excluding carboxylic acids is 2. The Bertz CT molecular complexity index is 2220. The number of anilines is 2. The van der Waals surface area contributed by atoms with Crippen LogP contribution >= 0.6 is 0 Å². The number of carbonyl (C=O) groups is 2. The summed E-state index contributed by atoms with van der Waals surface area (Å²) in [6.45, 7) is 5.26. The number of aliphatic hydroxyl groups excluding tert-OH is 2. The van der Waals surface area contributed by atoms with Crippen molar-refractivity contribution < 1.29 is 28.9 Å². The molecule has 0 aliphatic carbocycles. The molecule has 0 bridgehead atoms. The Labute approximate surface area is 301 Å². The molecule has 2 saturated heterocycles. The molecule has 2 fully saturated rings. The Morgan fingerprint density at radius 1 is 0.904 bits per heavy atom. The average molecular weight is 702 g/mol. The number of aromatic nitrogens is 2. The van der Waals surface area contributed by atoms with E-state index in [0.29, 0.717) is 35.7 Å². The van der Waals surface area contributed by atoms with Crippen LogP contribution in [0.1, 0.15) is 46.2 Å². The van der Waals surface area contributed by atoms with Gasteiger partial charge in [0, 0.05) is 60.8 Å². The number of nitrogens with zero attached hydrogens (tertiary/aromatic N) is 4. The van der Waals surface area contributed by atoms with Crippen LogP contribution in [0.5, 0.6) is 5.75 Å². The zero-order valence-electron chi connectivity index (χ0n) is 29.3. The van der Waals surface area contributed by atoms with Crippen molar-refractivity contribution in [3.8, 4) is 16.9 Å². The van der Waals surface area contributed by atoms with Gasteiger partial charge in [-0.05, 0) is 77.6 Å². The number of likely N-dealkylation sites (tertiary alicyclic amines) is 2. The topological polar surface area (TPSA) is 128 Å². The number of benzene rings is 3. The third-order valence-corrected chi connectivity index (χ3v) is 9.88. The number of ether oxygens (including phenoxy) is 1. The predicted molar refractivity (Wildman–Crippen MR) is 198 cm³/mol. The van der Waals surface area contributed by atoms with E-state index in [-0.39, 0.29) is 37.7 Å². The maximum Gasteiger partial charge on any atom is 0.225 e. The molecule has 2 aromatic heterocycles. The fourth-order valence-electron chi connectivity index (χ4n) is 7.05. The number of β-amino-alcohol motifs (C(OH)–C–C–N with tert-alkyl or cyclic N) is 2. The Balaban J connectivity index is 1.12. The van der Waals surface area contributed by atoms with Gasteiger partial charge < -0.3 is 30.1 Å². The smallest absolute Gasteiger partial charge is 0.225 e. The SMILES string of the molecule is COc1cc(/C(F)=C/c2cccc(-c3cccc(Nc4nccc5cc(CN6C[C@@H](O)CC6=O)cnc45)c3C)c2C)ccc1CN1C[C@H](O)CC1=O. The van der Waals surface area contributed by atoms with E-state index >= 15 is 4.39 Å². The molecule has 0 saturated carbocycles. The van der Waals surface area contributed by atoms with Crippen molar-refractivity contribution in [3.05, 3.63) is 113 Å². The minimum Gasteiger partial charge on any atom is -0.496 e. The van der Waals surface area contributed by atoms with Crippen LogP contribution in [0.25, 0.3) is 33.9 Å². The second-order valence-electron chi connectivity index (χ2n) is 13.5. The molecule has 0 radical (unpaired) electrons. The van der Waals surface area contributed by atoms with Crippen LogP contribution in [0.2, 0.25) is 0 Å². The van der Waals surface area contributed by atoms with E-state index in [1.807, 2.05) is 62.4 Å². The Hall–Kier alpha value is -5.65. The van der Waals surface area contributed by atoms with Crippen molar-refractivity contribution in [2.75, 3.05) is 25.5 Å². The molecule has 2 atom stereocenters. The van der Waals surface area contributed by atoms with E-state index in [9.17, 15) is 19.8 Å². The zero-order chi connectivity index (χ0) is 36.5. The first kappa shape index (κ1) is 34.8. The van der Waals surface area contributed by atoms with Gasteiger partial charge in [-0.15, -0.1) is 0 Å². The lowest BCUT2D eigenvalue weighted by Gasteiger charge is -2.18. The summed E-state index contributed by atoms with van der Waals surface area (Å²) in [7, 11) is 1.51. The van der Waals surface area contributed by atoms with Gasteiger partial charge in [-0.1, -0.05) is 42.5 Å². The number of halogens is 1. The molecule has 4 heterocycles. The van der Waals surface area contributed by atoms with Crippen molar-refractivity contribution in [1.82, 2.24) is 19.8 Å². The molecule has 11 heteroatoms. The Morgan fingerprint density at radius 3 is 2.29 bits per heavy atom. The lowest BCUT2D eigenvalue weighted by Crippen LogP contribution is -2.25. The van der Waals surface area contributed by atoms with E-state index in [1.165, 1.54) is 13.2 Å². The van der Waals surface area contributed by atoms with Crippen LogP contribution in [0.4, 0.5) is 15.9 Å². The highest BCUT2D eigenvalue weighted by Gasteiger charge is 2.29. The maximum absolute atomic E-state index is 15.8. The molecule has 10 nitrogen and oxygen atoms in total. The number of nitrogens with one attached hydrogen (secondary N) is 1. The normalized spacial score (nSPS) is 17.8. The van der Waals surface area contributed by atoms with Gasteiger partial charge >= 0.3 is 0 Å². The molecule has 266 valence electrons. The van der Waals surface area contributed by atoms with Crippen LogP contribution in [0.15, 0.2) is 79.1 Å². The highest BCUT2D eigenvalue weighted by Crippen LogP contribution is 2.36. The van der Waals surface area contributed by atoms with Gasteiger partial charge in [-0.2, -0.15) is 0 Å². The van der Waals surface area contributed by atoms with E-state index in [1.54, 1.807) is 40.4 Å². The highest BCUT2D eigenvalue weighted by molar-refractivity contribution is 5.91. The molecule has 2 amide bonds. The number of methoxy groups -OCH3 is 1. The Morgan fingerprint density at radius 2 is 1.60 bits per heavy atom. The van der Waals surface area contributed by atoms with Gasteiger partial charge in [-0.3, -0.25) is 14.6 Å². The number of hydrogen-bond acceptors (Lipinski definition) is 8. The third kappa shape index (κ3) is 7.10. The fraction of sp³-hybridized carbons (Fsp3) is 0.268. The average Bonchev–Trinajstić information content (AvgIpc) is 3.62. The maximum atomic E-state index is 15.8. The van der Waals surface area contributed by atoms with E-state index in [4.69, 9.17) is 9.72 Å². The van der Waals surface area contributed by atoms with Crippen LogP contribution in [0.3, 0.4) is 0 Å². The third-order valence-electron chi connectivity index (χ3n) is 9.88. The minimum absolute atomic E-state index is 0.0654. The van der Waals surface area contributed by atoms with E-state index < -0.39 is 18.0 Å². The first-order valence-corrected chi connectivity index (χ1v) is 17.2. The first-order chi connectivity index (χ1) is 25.1. The number of aliphatic hydroxyl groups is 2. The number of pyridine rings is 2. The monoisotopic (exact) mass is 701 g/mol. The van der Waals surface area contributed by atoms with Crippen molar-refractivity contribution in [1.29, 1.82) is 0 Å². The van der Waals surface area contributed by atoms with Crippen molar-refractivity contribution in [2.45, 2.75) is 52.0 Å². The summed E-state index contributed by atoms with van der Waals surface area (Å²) in [5.74, 6) is 0.454. The van der Waals surface area contributed by atoms with Gasteiger partial charge in [0.2, 0.25) is 11.8 Å². The molecule has 3 N–H and O–H groups in total. The highest BCUT2D eigenvalue weighted by atomic mass is 19.1. The molecule has 2 aliphatic rings. The molecule has 3 aromatic carbocycles. The summed E-state index contributed by atoms with van der Waals surface area (Å²) in [5, 5.41) is 24.1. The van der Waals surface area contributed by atoms with Crippen LogP contribution in [-0.4, -0.2) is 74.2 Å². The van der Waals surface area contributed by atoms with Gasteiger partial charge in [0.25, 0.3) is 0 Å². The predicted octanol–water partition coefficient (Wildman–Crippen LogP) is 6.32. The second kappa shape index (κ2) is 14.5. The summed E-state index contributed by atoms with van der Waals surface area (Å²) in [6.07, 6.45) is 3.93. The number of fused-ring (bicyclic) bond motifs is 1.